The van der Waals surface area contributed by atoms with E-state index < -0.39 is 18.4 Å². The van der Waals surface area contributed by atoms with Gasteiger partial charge in [-0.3, -0.25) is 14.4 Å². The Morgan fingerprint density at radius 1 is 1.03 bits per heavy atom. The van der Waals surface area contributed by atoms with Crippen molar-refractivity contribution in [3.05, 3.63) is 41.5 Å². The molecule has 9 nitrogen and oxygen atoms in total. The number of ketones is 1. The number of amides is 1. The van der Waals surface area contributed by atoms with Crippen LogP contribution in [0.15, 0.2) is 30.3 Å². The lowest BCUT2D eigenvalue weighted by Gasteiger charge is -2.18. The molecular weight excluding hydrogens is 394 g/mol. The quantitative estimate of drug-likeness (QED) is 0.515. The van der Waals surface area contributed by atoms with Gasteiger partial charge in [0.25, 0.3) is 5.91 Å². The normalized spacial score (nSPS) is 12.2. The van der Waals surface area contributed by atoms with E-state index in [9.17, 15) is 14.4 Å². The third-order valence-corrected chi connectivity index (χ3v) is 4.37. The van der Waals surface area contributed by atoms with E-state index in [1.165, 1.54) is 27.4 Å². The van der Waals surface area contributed by atoms with Crippen LogP contribution in [0, 0.1) is 0 Å². The number of Topliss-reactive ketones (excluding diaryl/α,β-unsaturated/α-hetero) is 1. The van der Waals surface area contributed by atoms with Crippen LogP contribution >= 0.6 is 0 Å². The number of hydrogen-bond acceptors (Lipinski definition) is 8. The van der Waals surface area contributed by atoms with Crippen molar-refractivity contribution in [1.29, 1.82) is 0 Å². The molecule has 1 heterocycles. The third-order valence-electron chi connectivity index (χ3n) is 4.37. The largest absolute Gasteiger partial charge is 0.493 e. The summed E-state index contributed by atoms with van der Waals surface area (Å²) in [7, 11) is 4.44. The third kappa shape index (κ3) is 4.62. The molecule has 1 aliphatic rings. The summed E-state index contributed by atoms with van der Waals surface area (Å²) in [4.78, 5) is 36.0. The predicted octanol–water partition coefficient (Wildman–Crippen LogP) is 2.01. The highest BCUT2D eigenvalue weighted by molar-refractivity contribution is 6.01. The van der Waals surface area contributed by atoms with Gasteiger partial charge in [0.05, 0.1) is 33.4 Å². The summed E-state index contributed by atoms with van der Waals surface area (Å²) < 4.78 is 26.1. The molecule has 0 atom stereocenters. The zero-order valence-electron chi connectivity index (χ0n) is 16.8. The highest BCUT2D eigenvalue weighted by Gasteiger charge is 2.19. The van der Waals surface area contributed by atoms with Gasteiger partial charge >= 0.3 is 5.97 Å². The van der Waals surface area contributed by atoms with Crippen molar-refractivity contribution < 1.29 is 38.1 Å². The smallest absolute Gasteiger partial charge is 0.310 e. The fourth-order valence-corrected chi connectivity index (χ4v) is 2.94. The maximum Gasteiger partial charge on any atom is 0.310 e. The molecule has 1 aliphatic heterocycles. The van der Waals surface area contributed by atoms with Gasteiger partial charge in [-0.15, -0.1) is 0 Å². The molecule has 1 N–H and O–H groups in total. The molecule has 1 amide bonds. The molecule has 9 heteroatoms. The lowest BCUT2D eigenvalue weighted by atomic mass is 10.1. The Kier molecular flexibility index (Phi) is 6.41. The molecule has 0 fully saturated rings. The number of benzene rings is 2. The first-order valence-electron chi connectivity index (χ1n) is 8.99. The highest BCUT2D eigenvalue weighted by Crippen LogP contribution is 2.38. The van der Waals surface area contributed by atoms with Crippen LogP contribution in [0.5, 0.6) is 23.0 Å². The van der Waals surface area contributed by atoms with E-state index in [-0.39, 0.29) is 18.9 Å². The monoisotopic (exact) mass is 415 g/mol. The number of methoxy groups -OCH3 is 3. The predicted molar refractivity (Wildman–Crippen MR) is 106 cm³/mol. The van der Waals surface area contributed by atoms with Gasteiger partial charge in [-0.25, -0.2) is 0 Å². The maximum absolute atomic E-state index is 12.4. The molecule has 2 aromatic rings. The lowest BCUT2D eigenvalue weighted by Crippen LogP contribution is -2.25. The van der Waals surface area contributed by atoms with Crippen molar-refractivity contribution in [3.8, 4) is 23.0 Å². The van der Waals surface area contributed by atoms with E-state index in [2.05, 4.69) is 5.32 Å². The molecule has 0 saturated heterocycles. The minimum Gasteiger partial charge on any atom is -0.493 e. The summed E-state index contributed by atoms with van der Waals surface area (Å²) in [6.45, 7) is -0.504. The summed E-state index contributed by atoms with van der Waals surface area (Å²) in [6, 6.07) is 7.89. The van der Waals surface area contributed by atoms with E-state index in [0.29, 0.717) is 39.8 Å². The van der Waals surface area contributed by atoms with Crippen molar-refractivity contribution in [1.82, 2.24) is 0 Å². The number of nitrogens with one attached hydrogen (secondary N) is 1. The van der Waals surface area contributed by atoms with Gasteiger partial charge in [0, 0.05) is 5.56 Å². The second-order valence-electron chi connectivity index (χ2n) is 6.34. The summed E-state index contributed by atoms with van der Waals surface area (Å²) in [5, 5.41) is 2.63. The lowest BCUT2D eigenvalue weighted by molar-refractivity contribution is -0.141. The molecule has 0 aliphatic carbocycles. The van der Waals surface area contributed by atoms with Crippen LogP contribution in [0.3, 0.4) is 0 Å². The van der Waals surface area contributed by atoms with Crippen molar-refractivity contribution in [2.24, 2.45) is 0 Å². The number of carbonyl (C=O) groups excluding carboxylic acids is 3. The van der Waals surface area contributed by atoms with Gasteiger partial charge < -0.3 is 29.0 Å². The minimum absolute atomic E-state index is 0.0706. The number of esters is 1. The summed E-state index contributed by atoms with van der Waals surface area (Å²) in [5.74, 6) is 0.413. The van der Waals surface area contributed by atoms with E-state index >= 15 is 0 Å². The van der Waals surface area contributed by atoms with Crippen LogP contribution in [-0.2, 0) is 20.7 Å². The molecule has 0 unspecified atom stereocenters. The Hall–Kier alpha value is -3.75. The van der Waals surface area contributed by atoms with Gasteiger partial charge in [0.2, 0.25) is 5.75 Å². The van der Waals surface area contributed by atoms with Crippen molar-refractivity contribution in [2.45, 2.75) is 6.42 Å². The highest BCUT2D eigenvalue weighted by atomic mass is 16.5. The topological polar surface area (TPSA) is 109 Å². The number of fused-ring (bicyclic) bond motifs is 1. The fourth-order valence-electron chi connectivity index (χ4n) is 2.94. The first kappa shape index (κ1) is 21.0. The van der Waals surface area contributed by atoms with Gasteiger partial charge in [-0.05, 0) is 35.9 Å². The van der Waals surface area contributed by atoms with Crippen LogP contribution in [-0.4, -0.2) is 52.2 Å². The molecule has 0 aromatic heterocycles. The van der Waals surface area contributed by atoms with E-state index in [4.69, 9.17) is 23.7 Å². The second kappa shape index (κ2) is 9.17. The van der Waals surface area contributed by atoms with Gasteiger partial charge in [-0.1, -0.05) is 0 Å². The van der Waals surface area contributed by atoms with Gasteiger partial charge in [-0.2, -0.15) is 0 Å². The first-order chi connectivity index (χ1) is 14.4. The standard InChI is InChI=1S/C21H21NO8/c1-26-17-6-12(7-18(27-2)21(17)28-3)8-20(25)30-10-15(23)13-4-5-16-14(9-13)22-19(24)11-29-16/h4-7,9H,8,10-11H2,1-3H3,(H,22,24). The maximum atomic E-state index is 12.4. The summed E-state index contributed by atoms with van der Waals surface area (Å²) in [5.41, 5.74) is 1.27. The SMILES string of the molecule is COc1cc(CC(=O)OCC(=O)c2ccc3c(c2)NC(=O)CO3)cc(OC)c1OC. The molecule has 0 bridgehead atoms. The fraction of sp³-hybridized carbons (Fsp3) is 0.286. The number of rotatable bonds is 8. The Morgan fingerprint density at radius 3 is 2.37 bits per heavy atom. The van der Waals surface area contributed by atoms with Crippen molar-refractivity contribution in [3.63, 3.8) is 0 Å². The Balaban J connectivity index is 1.63. The van der Waals surface area contributed by atoms with E-state index in [1.807, 2.05) is 0 Å². The Bertz CT molecular complexity index is 960. The zero-order chi connectivity index (χ0) is 21.7. The first-order valence-corrected chi connectivity index (χ1v) is 8.99. The molecule has 0 spiro atoms. The number of ether oxygens (including phenoxy) is 5. The minimum atomic E-state index is -0.591. The average molecular weight is 415 g/mol. The van der Waals surface area contributed by atoms with Crippen molar-refractivity contribution >= 4 is 23.3 Å². The Morgan fingerprint density at radius 2 is 1.73 bits per heavy atom. The molecule has 3 rings (SSSR count). The average Bonchev–Trinajstić information content (AvgIpc) is 2.76. The van der Waals surface area contributed by atoms with E-state index in [1.54, 1.807) is 24.3 Å². The molecule has 0 radical (unpaired) electrons. The molecule has 2 aromatic carbocycles. The molecule has 30 heavy (non-hydrogen) atoms. The number of hydrogen-bond donors (Lipinski definition) is 1. The van der Waals surface area contributed by atoms with Crippen LogP contribution in [0.25, 0.3) is 0 Å². The zero-order valence-corrected chi connectivity index (χ0v) is 16.8. The molecular formula is C21H21NO8. The number of carbonyl (C=O) groups is 3. The van der Waals surface area contributed by atoms with Crippen LogP contribution in [0.1, 0.15) is 15.9 Å². The van der Waals surface area contributed by atoms with Gasteiger partial charge in [0.1, 0.15) is 5.75 Å². The van der Waals surface area contributed by atoms with Crippen LogP contribution < -0.4 is 24.3 Å². The molecule has 158 valence electrons. The molecule has 0 saturated carbocycles. The van der Waals surface area contributed by atoms with Crippen LogP contribution in [0.2, 0.25) is 0 Å². The number of anilines is 1. The van der Waals surface area contributed by atoms with Crippen molar-refractivity contribution in [2.75, 3.05) is 39.9 Å². The summed E-state index contributed by atoms with van der Waals surface area (Å²) in [6.07, 6.45) is -0.0852. The van der Waals surface area contributed by atoms with Crippen LogP contribution in [0.4, 0.5) is 5.69 Å². The second-order valence-corrected chi connectivity index (χ2v) is 6.34. The van der Waals surface area contributed by atoms with E-state index in [0.717, 1.165) is 0 Å². The van der Waals surface area contributed by atoms with Gasteiger partial charge in [0.15, 0.2) is 30.5 Å². The Labute approximate surface area is 172 Å². The summed E-state index contributed by atoms with van der Waals surface area (Å²) >= 11 is 0.